The van der Waals surface area contributed by atoms with Gasteiger partial charge in [-0.05, 0) is 12.1 Å². The molecule has 0 spiro atoms. The zero-order valence-corrected chi connectivity index (χ0v) is 8.27. The molecule has 0 fully saturated rings. The highest BCUT2D eigenvalue weighted by Gasteiger charge is 2.07. The van der Waals surface area contributed by atoms with Gasteiger partial charge in [0, 0.05) is 6.92 Å². The first kappa shape index (κ1) is 11.2. The van der Waals surface area contributed by atoms with Crippen molar-refractivity contribution >= 4 is 5.97 Å². The van der Waals surface area contributed by atoms with Crippen molar-refractivity contribution in [1.29, 1.82) is 0 Å². The van der Waals surface area contributed by atoms with Crippen molar-refractivity contribution < 1.29 is 24.5 Å². The second-order valence-corrected chi connectivity index (χ2v) is 2.81. The third-order valence-electron chi connectivity index (χ3n) is 1.61. The van der Waals surface area contributed by atoms with Crippen LogP contribution in [0.5, 0.6) is 17.2 Å². The Labute approximate surface area is 86.9 Å². The molecule has 2 N–H and O–H groups in total. The Kier molecular flexibility index (Phi) is 3.79. The molecular formula is C10H12O5. The van der Waals surface area contributed by atoms with Crippen LogP contribution in [-0.4, -0.2) is 29.4 Å². The van der Waals surface area contributed by atoms with Gasteiger partial charge in [0.05, 0.1) is 0 Å². The Bertz CT molecular complexity index is 327. The van der Waals surface area contributed by atoms with Crippen molar-refractivity contribution in [2.45, 2.75) is 6.92 Å². The summed E-state index contributed by atoms with van der Waals surface area (Å²) in [4.78, 5) is 10.4. The van der Waals surface area contributed by atoms with E-state index >= 15 is 0 Å². The van der Waals surface area contributed by atoms with Crippen LogP contribution >= 0.6 is 0 Å². The molecule has 0 unspecified atom stereocenters. The second kappa shape index (κ2) is 5.09. The summed E-state index contributed by atoms with van der Waals surface area (Å²) in [6.07, 6.45) is 0. The second-order valence-electron chi connectivity index (χ2n) is 2.81. The SMILES string of the molecule is CC(=O)OCCOc1c(O)cccc1O. The van der Waals surface area contributed by atoms with E-state index in [2.05, 4.69) is 4.74 Å². The predicted octanol–water partition coefficient (Wildman–Crippen LogP) is 1.04. The van der Waals surface area contributed by atoms with Crippen molar-refractivity contribution in [1.82, 2.24) is 0 Å². The molecule has 0 heterocycles. The largest absolute Gasteiger partial charge is 0.504 e. The van der Waals surface area contributed by atoms with Gasteiger partial charge in [0.2, 0.25) is 5.75 Å². The third kappa shape index (κ3) is 3.38. The van der Waals surface area contributed by atoms with Gasteiger partial charge in [-0.2, -0.15) is 0 Å². The van der Waals surface area contributed by atoms with E-state index in [9.17, 15) is 15.0 Å². The average Bonchev–Trinajstić information content (AvgIpc) is 2.15. The average molecular weight is 212 g/mol. The van der Waals surface area contributed by atoms with E-state index in [-0.39, 0.29) is 30.5 Å². The smallest absolute Gasteiger partial charge is 0.302 e. The Morgan fingerprint density at radius 2 is 1.87 bits per heavy atom. The molecule has 0 aliphatic rings. The summed E-state index contributed by atoms with van der Waals surface area (Å²) in [5, 5.41) is 18.6. The Morgan fingerprint density at radius 1 is 1.27 bits per heavy atom. The number of benzene rings is 1. The van der Waals surface area contributed by atoms with Crippen LogP contribution in [0, 0.1) is 0 Å². The fourth-order valence-electron chi connectivity index (χ4n) is 0.990. The lowest BCUT2D eigenvalue weighted by molar-refractivity contribution is -0.141. The van der Waals surface area contributed by atoms with Gasteiger partial charge in [-0.1, -0.05) is 6.07 Å². The molecule has 15 heavy (non-hydrogen) atoms. The molecule has 0 radical (unpaired) electrons. The number of phenolic OH excluding ortho intramolecular Hbond substituents is 2. The fraction of sp³-hybridized carbons (Fsp3) is 0.300. The summed E-state index contributed by atoms with van der Waals surface area (Å²) >= 11 is 0. The Balaban J connectivity index is 2.47. The molecule has 1 aromatic rings. The maximum Gasteiger partial charge on any atom is 0.302 e. The quantitative estimate of drug-likeness (QED) is 0.576. The number of hydrogen-bond acceptors (Lipinski definition) is 5. The van der Waals surface area contributed by atoms with Crippen molar-refractivity contribution in [3.8, 4) is 17.2 Å². The van der Waals surface area contributed by atoms with Gasteiger partial charge in [0.25, 0.3) is 0 Å². The summed E-state index contributed by atoms with van der Waals surface area (Å²) in [7, 11) is 0. The lowest BCUT2D eigenvalue weighted by atomic mass is 10.3. The highest BCUT2D eigenvalue weighted by molar-refractivity contribution is 5.65. The number of phenols is 2. The van der Waals surface area contributed by atoms with Crippen LogP contribution in [0.15, 0.2) is 18.2 Å². The van der Waals surface area contributed by atoms with Crippen LogP contribution in [0.1, 0.15) is 6.92 Å². The van der Waals surface area contributed by atoms with E-state index in [1.807, 2.05) is 0 Å². The van der Waals surface area contributed by atoms with Crippen molar-refractivity contribution in [3.63, 3.8) is 0 Å². The first-order chi connectivity index (χ1) is 7.11. The van der Waals surface area contributed by atoms with E-state index in [1.165, 1.54) is 25.1 Å². The lowest BCUT2D eigenvalue weighted by Gasteiger charge is -2.09. The summed E-state index contributed by atoms with van der Waals surface area (Å²) in [5.41, 5.74) is 0. The van der Waals surface area contributed by atoms with Crippen LogP contribution < -0.4 is 4.74 Å². The summed E-state index contributed by atoms with van der Waals surface area (Å²) in [6.45, 7) is 1.44. The molecule has 1 rings (SSSR count). The molecule has 0 aliphatic carbocycles. The molecule has 0 amide bonds. The number of aromatic hydroxyl groups is 2. The zero-order chi connectivity index (χ0) is 11.3. The van der Waals surface area contributed by atoms with Crippen LogP contribution in [0.25, 0.3) is 0 Å². The fourth-order valence-corrected chi connectivity index (χ4v) is 0.990. The predicted molar refractivity (Wildman–Crippen MR) is 51.9 cm³/mol. The number of hydrogen-bond donors (Lipinski definition) is 2. The molecule has 0 atom stereocenters. The van der Waals surface area contributed by atoms with Crippen molar-refractivity contribution in [2.24, 2.45) is 0 Å². The van der Waals surface area contributed by atoms with Gasteiger partial charge in [-0.15, -0.1) is 0 Å². The molecule has 5 nitrogen and oxygen atoms in total. The molecule has 82 valence electrons. The molecule has 0 aromatic heterocycles. The van der Waals surface area contributed by atoms with Crippen LogP contribution in [0.3, 0.4) is 0 Å². The highest BCUT2D eigenvalue weighted by atomic mass is 16.6. The molecular weight excluding hydrogens is 200 g/mol. The number of carbonyl (C=O) groups is 1. The minimum absolute atomic E-state index is 0.00958. The molecule has 0 saturated carbocycles. The van der Waals surface area contributed by atoms with Gasteiger partial charge >= 0.3 is 5.97 Å². The van der Waals surface area contributed by atoms with Gasteiger partial charge in [0.1, 0.15) is 13.2 Å². The minimum atomic E-state index is -0.403. The molecule has 5 heteroatoms. The summed E-state index contributed by atoms with van der Waals surface area (Å²) in [5.74, 6) is -0.722. The minimum Gasteiger partial charge on any atom is -0.504 e. The van der Waals surface area contributed by atoms with Gasteiger partial charge in [0.15, 0.2) is 11.5 Å². The number of carbonyl (C=O) groups excluding carboxylic acids is 1. The van der Waals surface area contributed by atoms with Gasteiger partial charge in [-0.25, -0.2) is 0 Å². The molecule has 1 aromatic carbocycles. The number of ether oxygens (including phenoxy) is 2. The van der Waals surface area contributed by atoms with E-state index in [4.69, 9.17) is 4.74 Å². The monoisotopic (exact) mass is 212 g/mol. The zero-order valence-electron chi connectivity index (χ0n) is 8.27. The van der Waals surface area contributed by atoms with Crippen molar-refractivity contribution in [2.75, 3.05) is 13.2 Å². The van der Waals surface area contributed by atoms with E-state index in [1.54, 1.807) is 0 Å². The number of esters is 1. The van der Waals surface area contributed by atoms with E-state index < -0.39 is 5.97 Å². The first-order valence-electron chi connectivity index (χ1n) is 4.38. The Morgan fingerprint density at radius 3 is 2.40 bits per heavy atom. The topological polar surface area (TPSA) is 76.0 Å². The van der Waals surface area contributed by atoms with E-state index in [0.717, 1.165) is 0 Å². The third-order valence-corrected chi connectivity index (χ3v) is 1.61. The maximum absolute atomic E-state index is 10.4. The number of para-hydroxylation sites is 1. The normalized spacial score (nSPS) is 9.67. The van der Waals surface area contributed by atoms with Crippen LogP contribution in [0.4, 0.5) is 0 Å². The summed E-state index contributed by atoms with van der Waals surface area (Å²) in [6, 6.07) is 4.27. The highest BCUT2D eigenvalue weighted by Crippen LogP contribution is 2.34. The first-order valence-corrected chi connectivity index (χ1v) is 4.38. The number of rotatable bonds is 4. The van der Waals surface area contributed by atoms with Crippen LogP contribution in [0.2, 0.25) is 0 Å². The standard InChI is InChI=1S/C10H12O5/c1-7(11)14-5-6-15-10-8(12)3-2-4-9(10)13/h2-4,12-13H,5-6H2,1H3. The lowest BCUT2D eigenvalue weighted by Crippen LogP contribution is -2.09. The van der Waals surface area contributed by atoms with Gasteiger partial charge in [-0.3, -0.25) is 4.79 Å². The summed E-state index contributed by atoms with van der Waals surface area (Å²) < 4.78 is 9.66. The molecule has 0 bridgehead atoms. The van der Waals surface area contributed by atoms with E-state index in [0.29, 0.717) is 0 Å². The Hall–Kier alpha value is -1.91. The maximum atomic E-state index is 10.4. The van der Waals surface area contributed by atoms with Crippen LogP contribution in [-0.2, 0) is 9.53 Å². The molecule has 0 aliphatic heterocycles. The van der Waals surface area contributed by atoms with Gasteiger partial charge < -0.3 is 19.7 Å². The molecule has 0 saturated heterocycles. The van der Waals surface area contributed by atoms with Crippen molar-refractivity contribution in [3.05, 3.63) is 18.2 Å².